The molecule has 1 aliphatic carbocycles. The van der Waals surface area contributed by atoms with Gasteiger partial charge in [-0.1, -0.05) is 37.3 Å². The van der Waals surface area contributed by atoms with E-state index in [0.717, 1.165) is 45.1 Å². The van der Waals surface area contributed by atoms with Gasteiger partial charge in [-0.25, -0.2) is 13.4 Å². The van der Waals surface area contributed by atoms with E-state index in [1.54, 1.807) is 53.9 Å². The quantitative estimate of drug-likeness (QED) is 0.212. The Hall–Kier alpha value is -3.53. The first-order chi connectivity index (χ1) is 19.3. The van der Waals surface area contributed by atoms with Crippen molar-refractivity contribution in [1.29, 1.82) is 0 Å². The van der Waals surface area contributed by atoms with Gasteiger partial charge in [0, 0.05) is 22.5 Å². The molecule has 204 valence electrons. The molecule has 3 aromatic carbocycles. The molecule has 1 unspecified atom stereocenters. The number of anilines is 2. The molecular weight excluding hydrogens is 559 g/mol. The van der Waals surface area contributed by atoms with E-state index in [-0.39, 0.29) is 10.8 Å². The number of hydrogen-bond donors (Lipinski definition) is 1. The van der Waals surface area contributed by atoms with Gasteiger partial charge < -0.3 is 5.32 Å². The van der Waals surface area contributed by atoms with E-state index >= 15 is 0 Å². The minimum absolute atomic E-state index is 0.144. The Kier molecular flexibility index (Phi) is 7.20. The van der Waals surface area contributed by atoms with Crippen LogP contribution in [0.25, 0.3) is 20.8 Å². The van der Waals surface area contributed by atoms with Crippen LogP contribution in [0, 0.1) is 5.92 Å². The molecule has 0 saturated heterocycles. The van der Waals surface area contributed by atoms with Crippen LogP contribution in [-0.2, 0) is 22.9 Å². The summed E-state index contributed by atoms with van der Waals surface area (Å²) in [4.78, 5) is 19.8. The molecular formula is C31H29N3O3S3. The largest absolute Gasteiger partial charge is 0.313 e. The molecule has 2 aromatic heterocycles. The van der Waals surface area contributed by atoms with Crippen LogP contribution in [0.4, 0.5) is 10.7 Å². The SMILES string of the molecule is CCN(c1ccccc1)S(=O)(=O)c1ccc(C(=O)Nc2sc3c(c2-c2nc4ccccc4s2)CCC(C)C3)cc1. The van der Waals surface area contributed by atoms with Crippen molar-refractivity contribution in [3.05, 3.63) is 94.9 Å². The molecule has 0 fully saturated rings. The van der Waals surface area contributed by atoms with Crippen LogP contribution < -0.4 is 9.62 Å². The van der Waals surface area contributed by atoms with Crippen LogP contribution in [0.15, 0.2) is 83.8 Å². The van der Waals surface area contributed by atoms with Crippen molar-refractivity contribution in [2.45, 2.75) is 38.0 Å². The number of nitrogens with one attached hydrogen (secondary N) is 1. The van der Waals surface area contributed by atoms with Gasteiger partial charge in [-0.05, 0) is 86.2 Å². The summed E-state index contributed by atoms with van der Waals surface area (Å²) in [6.07, 6.45) is 3.08. The normalized spacial score (nSPS) is 15.1. The first-order valence-electron chi connectivity index (χ1n) is 13.3. The summed E-state index contributed by atoms with van der Waals surface area (Å²) < 4.78 is 29.2. The van der Waals surface area contributed by atoms with Crippen molar-refractivity contribution < 1.29 is 13.2 Å². The first kappa shape index (κ1) is 26.7. The lowest BCUT2D eigenvalue weighted by Gasteiger charge is -2.23. The number of fused-ring (bicyclic) bond motifs is 2. The van der Waals surface area contributed by atoms with Crippen LogP contribution in [-0.4, -0.2) is 25.9 Å². The van der Waals surface area contributed by atoms with Crippen LogP contribution in [0.5, 0.6) is 0 Å². The highest BCUT2D eigenvalue weighted by atomic mass is 32.2. The number of thiophene rings is 1. The average Bonchev–Trinajstić information content (AvgIpc) is 3.54. The Labute approximate surface area is 242 Å². The minimum Gasteiger partial charge on any atom is -0.313 e. The summed E-state index contributed by atoms with van der Waals surface area (Å²) in [6.45, 7) is 4.37. The zero-order valence-electron chi connectivity index (χ0n) is 22.3. The lowest BCUT2D eigenvalue weighted by atomic mass is 9.88. The molecule has 1 aliphatic rings. The highest BCUT2D eigenvalue weighted by Gasteiger charge is 2.28. The van der Waals surface area contributed by atoms with Gasteiger partial charge in [0.1, 0.15) is 10.0 Å². The molecule has 0 spiro atoms. The molecule has 6 nitrogen and oxygen atoms in total. The third-order valence-electron chi connectivity index (χ3n) is 7.28. The molecule has 0 aliphatic heterocycles. The average molecular weight is 588 g/mol. The molecule has 6 rings (SSSR count). The fourth-order valence-corrected chi connectivity index (χ4v) is 9.20. The second-order valence-electron chi connectivity index (χ2n) is 10.0. The van der Waals surface area contributed by atoms with Gasteiger partial charge in [-0.2, -0.15) is 0 Å². The van der Waals surface area contributed by atoms with Crippen LogP contribution in [0.1, 0.15) is 41.1 Å². The monoisotopic (exact) mass is 587 g/mol. The van der Waals surface area contributed by atoms with E-state index in [2.05, 4.69) is 18.3 Å². The van der Waals surface area contributed by atoms with E-state index in [0.29, 0.717) is 23.7 Å². The molecule has 0 radical (unpaired) electrons. The molecule has 1 amide bonds. The second kappa shape index (κ2) is 10.8. The molecule has 0 bridgehead atoms. The van der Waals surface area contributed by atoms with Gasteiger partial charge in [-0.3, -0.25) is 9.10 Å². The predicted molar refractivity (Wildman–Crippen MR) is 165 cm³/mol. The lowest BCUT2D eigenvalue weighted by Crippen LogP contribution is -2.30. The van der Waals surface area contributed by atoms with E-state index in [1.807, 2.05) is 36.4 Å². The van der Waals surface area contributed by atoms with E-state index in [9.17, 15) is 13.2 Å². The van der Waals surface area contributed by atoms with Gasteiger partial charge in [0.25, 0.3) is 15.9 Å². The lowest BCUT2D eigenvalue weighted by molar-refractivity contribution is 0.102. The summed E-state index contributed by atoms with van der Waals surface area (Å²) in [7, 11) is -3.77. The van der Waals surface area contributed by atoms with Gasteiger partial charge in [0.05, 0.1) is 20.8 Å². The summed E-state index contributed by atoms with van der Waals surface area (Å²) in [5.41, 5.74) is 4.28. The fourth-order valence-electron chi connectivity index (χ4n) is 5.21. The molecule has 1 atom stereocenters. The first-order valence-corrected chi connectivity index (χ1v) is 16.4. The molecule has 9 heteroatoms. The van der Waals surface area contributed by atoms with Crippen LogP contribution in [0.3, 0.4) is 0 Å². The summed E-state index contributed by atoms with van der Waals surface area (Å²) in [5.74, 6) is 0.333. The third kappa shape index (κ3) is 4.93. The second-order valence-corrected chi connectivity index (χ2v) is 14.0. The fraction of sp³-hybridized carbons (Fsp3) is 0.226. The third-order valence-corrected chi connectivity index (χ3v) is 11.4. The van der Waals surface area contributed by atoms with Crippen molar-refractivity contribution in [1.82, 2.24) is 4.98 Å². The maximum atomic E-state index is 13.4. The Morgan fingerprint density at radius 3 is 2.45 bits per heavy atom. The highest BCUT2D eigenvalue weighted by Crippen LogP contribution is 2.47. The zero-order chi connectivity index (χ0) is 27.9. The maximum absolute atomic E-state index is 13.4. The number of carbonyl (C=O) groups excluding carboxylic acids is 1. The van der Waals surface area contributed by atoms with E-state index < -0.39 is 10.0 Å². The van der Waals surface area contributed by atoms with Gasteiger partial charge >= 0.3 is 0 Å². The van der Waals surface area contributed by atoms with Crippen LogP contribution >= 0.6 is 22.7 Å². The smallest absolute Gasteiger partial charge is 0.264 e. The number of sulfonamides is 1. The number of para-hydroxylation sites is 2. The molecule has 2 heterocycles. The van der Waals surface area contributed by atoms with Crippen molar-refractivity contribution in [3.63, 3.8) is 0 Å². The van der Waals surface area contributed by atoms with Gasteiger partial charge in [0.2, 0.25) is 0 Å². The standard InChI is InChI=1S/C31H29N3O3S3/c1-3-34(22-9-5-4-6-10-22)40(36,37)23-16-14-21(15-17-23)29(35)33-31-28(24-18-13-20(2)19-27(24)39-31)30-32-25-11-7-8-12-26(25)38-30/h4-12,14-17,20H,3,13,18-19H2,1-2H3,(H,33,35). The Balaban J connectivity index is 1.30. The molecule has 0 saturated carbocycles. The molecule has 1 N–H and O–H groups in total. The van der Waals surface area contributed by atoms with Crippen molar-refractivity contribution in [2.24, 2.45) is 5.92 Å². The van der Waals surface area contributed by atoms with Crippen molar-refractivity contribution in [2.75, 3.05) is 16.2 Å². The Morgan fingerprint density at radius 2 is 1.73 bits per heavy atom. The van der Waals surface area contributed by atoms with Gasteiger partial charge in [0.15, 0.2) is 0 Å². The Bertz CT molecular complexity index is 1760. The van der Waals surface area contributed by atoms with E-state index in [4.69, 9.17) is 4.98 Å². The number of benzene rings is 3. The molecule has 5 aromatic rings. The zero-order valence-corrected chi connectivity index (χ0v) is 24.7. The van der Waals surface area contributed by atoms with Crippen molar-refractivity contribution >= 4 is 59.5 Å². The Morgan fingerprint density at radius 1 is 1.00 bits per heavy atom. The summed E-state index contributed by atoms with van der Waals surface area (Å²) in [6, 6.07) is 23.3. The summed E-state index contributed by atoms with van der Waals surface area (Å²) in [5, 5.41) is 4.87. The number of rotatable bonds is 7. The number of amides is 1. The van der Waals surface area contributed by atoms with Gasteiger partial charge in [-0.15, -0.1) is 22.7 Å². The topological polar surface area (TPSA) is 79.4 Å². The number of carbonyl (C=O) groups is 1. The number of nitrogens with zero attached hydrogens (tertiary/aromatic N) is 2. The van der Waals surface area contributed by atoms with Crippen molar-refractivity contribution in [3.8, 4) is 10.6 Å². The maximum Gasteiger partial charge on any atom is 0.264 e. The number of thiazole rings is 1. The summed E-state index contributed by atoms with van der Waals surface area (Å²) >= 11 is 3.28. The molecule has 40 heavy (non-hydrogen) atoms. The number of hydrogen-bond acceptors (Lipinski definition) is 6. The van der Waals surface area contributed by atoms with Crippen LogP contribution in [0.2, 0.25) is 0 Å². The minimum atomic E-state index is -3.77. The predicted octanol–water partition coefficient (Wildman–Crippen LogP) is 7.62. The highest BCUT2D eigenvalue weighted by molar-refractivity contribution is 7.92. The number of aromatic nitrogens is 1. The van der Waals surface area contributed by atoms with E-state index in [1.165, 1.54) is 26.9 Å².